The molecule has 130 valence electrons. The predicted molar refractivity (Wildman–Crippen MR) is 89.3 cm³/mol. The van der Waals surface area contributed by atoms with Crippen LogP contribution in [0.4, 0.5) is 5.69 Å². The summed E-state index contributed by atoms with van der Waals surface area (Å²) in [5, 5.41) is 14.4. The van der Waals surface area contributed by atoms with Gasteiger partial charge in [0, 0.05) is 11.6 Å². The van der Waals surface area contributed by atoms with Crippen LogP contribution in [0.25, 0.3) is 0 Å². The molecule has 25 heavy (non-hydrogen) atoms. The minimum absolute atomic E-state index is 0.0427. The fraction of sp³-hybridized carbons (Fsp3) is 0.278. The lowest BCUT2D eigenvalue weighted by molar-refractivity contribution is -0.117. The molecule has 2 amide bonds. The van der Waals surface area contributed by atoms with Crippen molar-refractivity contribution >= 4 is 23.5 Å². The molecule has 7 nitrogen and oxygen atoms in total. The molecule has 0 radical (unpaired) electrons. The molecule has 1 aromatic heterocycles. The monoisotopic (exact) mass is 342 g/mol. The van der Waals surface area contributed by atoms with Crippen molar-refractivity contribution in [3.63, 3.8) is 0 Å². The van der Waals surface area contributed by atoms with Crippen LogP contribution < -0.4 is 10.6 Å². The minimum Gasteiger partial charge on any atom is -0.475 e. The number of furan rings is 1. The normalized spacial score (nSPS) is 14.6. The zero-order chi connectivity index (χ0) is 18.0. The second-order valence-electron chi connectivity index (χ2n) is 6.05. The summed E-state index contributed by atoms with van der Waals surface area (Å²) >= 11 is 0. The van der Waals surface area contributed by atoms with E-state index >= 15 is 0 Å². The number of nitrogens with one attached hydrogen (secondary N) is 2. The SMILES string of the molecule is C[C@H](NC(=O)c1ccc(C(=O)O)o1)c1ccc(NC(=O)C2CC2)cc1. The lowest BCUT2D eigenvalue weighted by Crippen LogP contribution is -2.26. The first-order valence-electron chi connectivity index (χ1n) is 7.99. The van der Waals surface area contributed by atoms with Gasteiger partial charge in [-0.15, -0.1) is 0 Å². The van der Waals surface area contributed by atoms with Crippen molar-refractivity contribution < 1.29 is 23.9 Å². The van der Waals surface area contributed by atoms with Crippen LogP contribution in [0.1, 0.15) is 52.5 Å². The highest BCUT2D eigenvalue weighted by Gasteiger charge is 2.29. The Morgan fingerprint density at radius 2 is 1.72 bits per heavy atom. The zero-order valence-corrected chi connectivity index (χ0v) is 13.6. The molecule has 2 aromatic rings. The molecule has 1 atom stereocenters. The molecule has 0 bridgehead atoms. The van der Waals surface area contributed by atoms with E-state index < -0.39 is 11.9 Å². The van der Waals surface area contributed by atoms with Crippen molar-refractivity contribution in [1.82, 2.24) is 5.32 Å². The largest absolute Gasteiger partial charge is 0.475 e. The van der Waals surface area contributed by atoms with Gasteiger partial charge in [-0.05, 0) is 49.6 Å². The maximum atomic E-state index is 12.1. The Morgan fingerprint density at radius 1 is 1.08 bits per heavy atom. The fourth-order valence-electron chi connectivity index (χ4n) is 2.37. The maximum absolute atomic E-state index is 12.1. The molecule has 0 saturated heterocycles. The molecule has 3 rings (SSSR count). The third kappa shape index (κ3) is 4.06. The van der Waals surface area contributed by atoms with Gasteiger partial charge < -0.3 is 20.2 Å². The quantitative estimate of drug-likeness (QED) is 0.748. The van der Waals surface area contributed by atoms with Crippen molar-refractivity contribution in [3.8, 4) is 0 Å². The van der Waals surface area contributed by atoms with E-state index in [4.69, 9.17) is 9.52 Å². The fourth-order valence-corrected chi connectivity index (χ4v) is 2.37. The zero-order valence-electron chi connectivity index (χ0n) is 13.6. The van der Waals surface area contributed by atoms with E-state index in [0.29, 0.717) is 0 Å². The standard InChI is InChI=1S/C18H18N2O5/c1-10(19-17(22)14-8-9-15(25-14)18(23)24)11-4-6-13(7-5-11)20-16(21)12-2-3-12/h4-10,12H,2-3H2,1H3,(H,19,22)(H,20,21)(H,23,24)/t10-/m0/s1. The molecular weight excluding hydrogens is 324 g/mol. The number of aromatic carboxylic acids is 1. The van der Waals surface area contributed by atoms with Crippen LogP contribution >= 0.6 is 0 Å². The highest BCUT2D eigenvalue weighted by atomic mass is 16.4. The van der Waals surface area contributed by atoms with Gasteiger partial charge in [-0.3, -0.25) is 9.59 Å². The Labute approximate surface area is 144 Å². The van der Waals surface area contributed by atoms with Gasteiger partial charge in [0.25, 0.3) is 5.91 Å². The van der Waals surface area contributed by atoms with Gasteiger partial charge in [0.05, 0.1) is 6.04 Å². The lowest BCUT2D eigenvalue weighted by Gasteiger charge is -2.14. The van der Waals surface area contributed by atoms with Gasteiger partial charge in [-0.25, -0.2) is 4.79 Å². The summed E-state index contributed by atoms with van der Waals surface area (Å²) in [5.74, 6) is -1.88. The minimum atomic E-state index is -1.23. The Bertz CT molecular complexity index is 805. The number of carbonyl (C=O) groups is 3. The van der Waals surface area contributed by atoms with Gasteiger partial charge in [0.1, 0.15) is 0 Å². The summed E-state index contributed by atoms with van der Waals surface area (Å²) in [5.41, 5.74) is 1.57. The van der Waals surface area contributed by atoms with E-state index in [1.807, 2.05) is 12.1 Å². The van der Waals surface area contributed by atoms with Crippen molar-refractivity contribution in [2.75, 3.05) is 5.32 Å². The number of anilines is 1. The summed E-state index contributed by atoms with van der Waals surface area (Å²) < 4.78 is 4.98. The molecule has 0 unspecified atom stereocenters. The first-order chi connectivity index (χ1) is 11.9. The topological polar surface area (TPSA) is 109 Å². The number of hydrogen-bond donors (Lipinski definition) is 3. The van der Waals surface area contributed by atoms with Crippen LogP contribution in [0.2, 0.25) is 0 Å². The molecule has 1 saturated carbocycles. The van der Waals surface area contributed by atoms with Gasteiger partial charge >= 0.3 is 5.97 Å². The molecule has 1 aliphatic rings. The maximum Gasteiger partial charge on any atom is 0.371 e. The van der Waals surface area contributed by atoms with E-state index in [1.54, 1.807) is 19.1 Å². The number of rotatable bonds is 6. The van der Waals surface area contributed by atoms with Crippen molar-refractivity contribution in [1.29, 1.82) is 0 Å². The molecule has 0 spiro atoms. The average molecular weight is 342 g/mol. The van der Waals surface area contributed by atoms with Gasteiger partial charge in [-0.2, -0.15) is 0 Å². The van der Waals surface area contributed by atoms with E-state index in [0.717, 1.165) is 24.1 Å². The van der Waals surface area contributed by atoms with Gasteiger partial charge in [-0.1, -0.05) is 12.1 Å². The van der Waals surface area contributed by atoms with Gasteiger partial charge in [0.15, 0.2) is 5.76 Å². The van der Waals surface area contributed by atoms with Crippen LogP contribution in [0.3, 0.4) is 0 Å². The molecule has 3 N–H and O–H groups in total. The van der Waals surface area contributed by atoms with Crippen LogP contribution in [0.5, 0.6) is 0 Å². The molecule has 0 aliphatic heterocycles. The average Bonchev–Trinajstić information content (AvgIpc) is 3.31. The number of benzene rings is 1. The molecular formula is C18H18N2O5. The first kappa shape index (κ1) is 16.8. The predicted octanol–water partition coefficient (Wildman–Crippen LogP) is 2.82. The highest BCUT2D eigenvalue weighted by Crippen LogP contribution is 2.30. The third-order valence-electron chi connectivity index (χ3n) is 4.01. The summed E-state index contributed by atoms with van der Waals surface area (Å²) in [6.45, 7) is 1.80. The Balaban J connectivity index is 1.59. The Morgan fingerprint density at radius 3 is 2.28 bits per heavy atom. The number of carboxylic acids is 1. The van der Waals surface area contributed by atoms with Crippen LogP contribution in [0, 0.1) is 5.92 Å². The lowest BCUT2D eigenvalue weighted by atomic mass is 10.1. The summed E-state index contributed by atoms with van der Waals surface area (Å²) in [7, 11) is 0. The van der Waals surface area contributed by atoms with E-state index in [1.165, 1.54) is 12.1 Å². The first-order valence-corrected chi connectivity index (χ1v) is 7.99. The van der Waals surface area contributed by atoms with Gasteiger partial charge in [0.2, 0.25) is 11.7 Å². The molecule has 1 aliphatic carbocycles. The summed E-state index contributed by atoms with van der Waals surface area (Å²) in [6, 6.07) is 9.46. The second kappa shape index (κ2) is 6.80. The summed E-state index contributed by atoms with van der Waals surface area (Å²) in [4.78, 5) is 34.6. The number of carboxylic acid groups (broad SMARTS) is 1. The third-order valence-corrected chi connectivity index (χ3v) is 4.01. The van der Waals surface area contributed by atoms with Crippen molar-refractivity contribution in [3.05, 3.63) is 53.5 Å². The van der Waals surface area contributed by atoms with Crippen LogP contribution in [-0.2, 0) is 4.79 Å². The second-order valence-corrected chi connectivity index (χ2v) is 6.05. The smallest absolute Gasteiger partial charge is 0.371 e. The Kier molecular flexibility index (Phi) is 4.56. The molecule has 7 heteroatoms. The number of carbonyl (C=O) groups excluding carboxylic acids is 2. The van der Waals surface area contributed by atoms with E-state index in [-0.39, 0.29) is 29.4 Å². The molecule has 1 fully saturated rings. The number of amides is 2. The van der Waals surface area contributed by atoms with E-state index in [2.05, 4.69) is 10.6 Å². The highest BCUT2D eigenvalue weighted by molar-refractivity contribution is 5.94. The molecule has 1 heterocycles. The Hall–Kier alpha value is -3.09. The van der Waals surface area contributed by atoms with Crippen molar-refractivity contribution in [2.24, 2.45) is 5.92 Å². The van der Waals surface area contributed by atoms with Crippen LogP contribution in [-0.4, -0.2) is 22.9 Å². The molecule has 1 aromatic carbocycles. The van der Waals surface area contributed by atoms with Crippen molar-refractivity contribution in [2.45, 2.75) is 25.8 Å². The number of hydrogen-bond acceptors (Lipinski definition) is 4. The summed E-state index contributed by atoms with van der Waals surface area (Å²) in [6.07, 6.45) is 1.90. The van der Waals surface area contributed by atoms with E-state index in [9.17, 15) is 14.4 Å². The van der Waals surface area contributed by atoms with Crippen LogP contribution in [0.15, 0.2) is 40.8 Å².